The zero-order valence-electron chi connectivity index (χ0n) is 12.4. The van der Waals surface area contributed by atoms with Gasteiger partial charge >= 0.3 is 0 Å². The number of hydrogen-bond donors (Lipinski definition) is 0. The first-order valence-corrected chi connectivity index (χ1v) is 8.49. The summed E-state index contributed by atoms with van der Waals surface area (Å²) >= 11 is 2.30. The van der Waals surface area contributed by atoms with Gasteiger partial charge in [-0.3, -0.25) is 20.0 Å². The van der Waals surface area contributed by atoms with Gasteiger partial charge in [0.05, 0.1) is 22.7 Å². The lowest BCUT2D eigenvalue weighted by Gasteiger charge is -2.09. The summed E-state index contributed by atoms with van der Waals surface area (Å²) in [5, 5.41) is 10.8. The number of halogens is 1. The maximum absolute atomic E-state index is 10.8. The lowest BCUT2D eigenvalue weighted by molar-refractivity contribution is -0.384. The molecule has 2 aromatic rings. The quantitative estimate of drug-likeness (QED) is 0.330. The van der Waals surface area contributed by atoms with Crippen LogP contribution in [-0.2, 0) is 0 Å². The summed E-state index contributed by atoms with van der Waals surface area (Å²) in [5.74, 6) is 0. The summed E-state index contributed by atoms with van der Waals surface area (Å²) in [7, 11) is 0. The van der Waals surface area contributed by atoms with E-state index in [1.165, 1.54) is 3.57 Å². The zero-order valence-corrected chi connectivity index (χ0v) is 14.5. The fourth-order valence-corrected chi connectivity index (χ4v) is 3.72. The van der Waals surface area contributed by atoms with Crippen LogP contribution in [0.3, 0.4) is 0 Å². The molecule has 23 heavy (non-hydrogen) atoms. The lowest BCUT2D eigenvalue weighted by atomic mass is 10.0. The van der Waals surface area contributed by atoms with Crippen molar-refractivity contribution < 1.29 is 4.92 Å². The summed E-state index contributed by atoms with van der Waals surface area (Å²) in [5.41, 5.74) is 3.53. The van der Waals surface area contributed by atoms with Crippen molar-refractivity contribution in [3.8, 4) is 0 Å². The van der Waals surface area contributed by atoms with E-state index in [4.69, 9.17) is 4.99 Å². The normalized spacial score (nSPS) is 28.2. The molecule has 5 nitrogen and oxygen atoms in total. The Kier molecular flexibility index (Phi) is 3.46. The third kappa shape index (κ3) is 2.46. The van der Waals surface area contributed by atoms with Crippen LogP contribution in [0, 0.1) is 13.7 Å². The molecule has 2 aliphatic heterocycles. The van der Waals surface area contributed by atoms with Gasteiger partial charge in [0.15, 0.2) is 0 Å². The Balaban J connectivity index is 1.61. The van der Waals surface area contributed by atoms with Gasteiger partial charge in [-0.1, -0.05) is 24.3 Å². The molecular formula is C17H14IN3O2. The predicted molar refractivity (Wildman–Crippen MR) is 96.6 cm³/mol. The van der Waals surface area contributed by atoms with Crippen molar-refractivity contribution in [2.75, 3.05) is 0 Å². The smallest absolute Gasteiger partial charge is 0.269 e. The number of nitrogens with zero attached hydrogens (tertiary/aromatic N) is 3. The summed E-state index contributed by atoms with van der Waals surface area (Å²) in [6, 6.07) is 15.9. The van der Waals surface area contributed by atoms with Crippen molar-refractivity contribution in [2.24, 2.45) is 4.99 Å². The Morgan fingerprint density at radius 2 is 1.74 bits per heavy atom. The molecule has 0 saturated carbocycles. The van der Waals surface area contributed by atoms with Crippen LogP contribution in [0.5, 0.6) is 0 Å². The van der Waals surface area contributed by atoms with Gasteiger partial charge < -0.3 is 0 Å². The summed E-state index contributed by atoms with van der Waals surface area (Å²) < 4.78 is 1.21. The molecule has 1 unspecified atom stereocenters. The van der Waals surface area contributed by atoms with Gasteiger partial charge in [0.1, 0.15) is 6.17 Å². The van der Waals surface area contributed by atoms with E-state index in [0.29, 0.717) is 0 Å². The molecule has 116 valence electrons. The molecule has 0 aromatic heterocycles. The molecule has 0 spiro atoms. The van der Waals surface area contributed by atoms with E-state index in [1.54, 1.807) is 12.1 Å². The minimum Gasteiger partial charge on any atom is -0.269 e. The standard InChI is InChI=1S/C17H14IN3O2/c1-10-19-15(11-2-6-13(18)7-3-11)17-16(20(10)17)12-4-8-14(9-5-12)21(22)23/h2-10,16-17H,1H3/t10-,16+,17-,20?/m0/s1. The highest BCUT2D eigenvalue weighted by molar-refractivity contribution is 14.1. The monoisotopic (exact) mass is 419 g/mol. The summed E-state index contributed by atoms with van der Waals surface area (Å²) in [6.07, 6.45) is 0.148. The highest BCUT2D eigenvalue weighted by atomic mass is 127. The second-order valence-corrected chi connectivity index (χ2v) is 7.08. The molecule has 1 saturated heterocycles. The molecule has 2 aliphatic rings. The van der Waals surface area contributed by atoms with Gasteiger partial charge in [0, 0.05) is 15.7 Å². The average Bonchev–Trinajstić information content (AvgIpc) is 3.20. The zero-order chi connectivity index (χ0) is 16.1. The van der Waals surface area contributed by atoms with Gasteiger partial charge in [0.2, 0.25) is 0 Å². The molecule has 0 radical (unpaired) electrons. The van der Waals surface area contributed by atoms with Crippen LogP contribution in [0.4, 0.5) is 5.69 Å². The maximum Gasteiger partial charge on any atom is 0.269 e. The molecule has 4 rings (SSSR count). The Bertz CT molecular complexity index is 802. The van der Waals surface area contributed by atoms with Crippen molar-refractivity contribution in [1.29, 1.82) is 0 Å². The van der Waals surface area contributed by atoms with E-state index in [9.17, 15) is 10.1 Å². The number of nitro benzene ring substituents is 1. The molecule has 1 fully saturated rings. The van der Waals surface area contributed by atoms with E-state index in [1.807, 2.05) is 12.1 Å². The molecule has 0 aliphatic carbocycles. The van der Waals surface area contributed by atoms with Crippen LogP contribution in [-0.4, -0.2) is 27.7 Å². The van der Waals surface area contributed by atoms with E-state index in [2.05, 4.69) is 58.7 Å². The van der Waals surface area contributed by atoms with Crippen molar-refractivity contribution in [3.05, 3.63) is 73.3 Å². The number of benzene rings is 2. The second-order valence-electron chi connectivity index (χ2n) is 5.84. The Morgan fingerprint density at radius 1 is 1.09 bits per heavy atom. The topological polar surface area (TPSA) is 58.5 Å². The van der Waals surface area contributed by atoms with Crippen LogP contribution in [0.25, 0.3) is 0 Å². The number of non-ortho nitro benzene ring substituents is 1. The number of rotatable bonds is 3. The molecule has 0 N–H and O–H groups in total. The van der Waals surface area contributed by atoms with Gasteiger partial charge in [-0.2, -0.15) is 0 Å². The predicted octanol–water partition coefficient (Wildman–Crippen LogP) is 3.77. The Hall–Kier alpha value is -1.80. The van der Waals surface area contributed by atoms with Crippen molar-refractivity contribution in [1.82, 2.24) is 4.90 Å². The Morgan fingerprint density at radius 3 is 2.35 bits per heavy atom. The molecule has 2 heterocycles. The molecule has 0 amide bonds. The highest BCUT2D eigenvalue weighted by Gasteiger charge is 2.57. The van der Waals surface area contributed by atoms with Crippen LogP contribution < -0.4 is 0 Å². The van der Waals surface area contributed by atoms with E-state index in [0.717, 1.165) is 16.8 Å². The van der Waals surface area contributed by atoms with Gasteiger partial charge in [0.25, 0.3) is 5.69 Å². The first-order valence-electron chi connectivity index (χ1n) is 7.41. The van der Waals surface area contributed by atoms with Crippen LogP contribution in [0.15, 0.2) is 53.5 Å². The number of fused-ring (bicyclic) bond motifs is 1. The lowest BCUT2D eigenvalue weighted by Crippen LogP contribution is -2.09. The van der Waals surface area contributed by atoms with Gasteiger partial charge in [-0.15, -0.1) is 0 Å². The molecule has 0 bridgehead atoms. The van der Waals surface area contributed by atoms with Crippen molar-refractivity contribution >= 4 is 34.0 Å². The molecule has 2 aromatic carbocycles. The SMILES string of the molecule is C[C@H]1N=C(c2ccc(I)cc2)[C@H]2[C@@H](c3ccc([N+](=O)[O-])cc3)N12. The average molecular weight is 419 g/mol. The first kappa shape index (κ1) is 14.8. The fourth-order valence-electron chi connectivity index (χ4n) is 3.36. The van der Waals surface area contributed by atoms with Gasteiger partial charge in [-0.25, -0.2) is 0 Å². The van der Waals surface area contributed by atoms with Crippen LogP contribution in [0.1, 0.15) is 24.1 Å². The minimum absolute atomic E-state index is 0.133. The maximum atomic E-state index is 10.8. The third-order valence-corrected chi connectivity index (χ3v) is 5.19. The van der Waals surface area contributed by atoms with Crippen molar-refractivity contribution in [3.63, 3.8) is 0 Å². The molecule has 4 atom stereocenters. The van der Waals surface area contributed by atoms with E-state index < -0.39 is 0 Å². The Labute approximate surface area is 147 Å². The third-order valence-electron chi connectivity index (χ3n) is 4.47. The van der Waals surface area contributed by atoms with Gasteiger partial charge in [-0.05, 0) is 52.8 Å². The number of nitro groups is 1. The first-order chi connectivity index (χ1) is 11.1. The van der Waals surface area contributed by atoms with Crippen LogP contribution >= 0.6 is 22.6 Å². The minimum atomic E-state index is -0.362. The highest BCUT2D eigenvalue weighted by Crippen LogP contribution is 2.50. The van der Waals surface area contributed by atoms with Crippen LogP contribution in [0.2, 0.25) is 0 Å². The molecular weight excluding hydrogens is 405 g/mol. The van der Waals surface area contributed by atoms with Crippen molar-refractivity contribution in [2.45, 2.75) is 25.2 Å². The summed E-state index contributed by atoms with van der Waals surface area (Å²) in [4.78, 5) is 17.5. The van der Waals surface area contributed by atoms with E-state index >= 15 is 0 Å². The van der Waals surface area contributed by atoms with E-state index in [-0.39, 0.29) is 28.9 Å². The number of hydrogen-bond acceptors (Lipinski definition) is 4. The molecule has 6 heteroatoms. The summed E-state index contributed by atoms with van der Waals surface area (Å²) in [6.45, 7) is 2.10. The second kappa shape index (κ2) is 5.38. The fraction of sp³-hybridized carbons (Fsp3) is 0.235. The number of aliphatic imine (C=N–C) groups is 1. The largest absolute Gasteiger partial charge is 0.269 e.